The lowest BCUT2D eigenvalue weighted by Gasteiger charge is -2.20. The van der Waals surface area contributed by atoms with E-state index in [-0.39, 0.29) is 0 Å². The molecule has 5 rings (SSSR count). The molecule has 7 nitrogen and oxygen atoms in total. The Balaban J connectivity index is 1.75. The van der Waals surface area contributed by atoms with Crippen LogP contribution in [0, 0.1) is 11.3 Å². The summed E-state index contributed by atoms with van der Waals surface area (Å²) in [6.45, 7) is 1.86. The average molecular weight is 357 g/mol. The summed E-state index contributed by atoms with van der Waals surface area (Å²) >= 11 is 0. The van der Waals surface area contributed by atoms with Crippen LogP contribution in [0.4, 0.5) is 5.95 Å². The lowest BCUT2D eigenvalue weighted by atomic mass is 10.2. The van der Waals surface area contributed by atoms with Gasteiger partial charge in [-0.2, -0.15) is 10.2 Å². The van der Waals surface area contributed by atoms with Crippen LogP contribution in [0.2, 0.25) is 0 Å². The van der Waals surface area contributed by atoms with Gasteiger partial charge in [0, 0.05) is 30.7 Å². The molecule has 27 heavy (non-hydrogen) atoms. The Hall–Kier alpha value is -3.24. The molecule has 3 aromatic heterocycles. The third-order valence-electron chi connectivity index (χ3n) is 5.39. The molecule has 1 aromatic carbocycles. The summed E-state index contributed by atoms with van der Waals surface area (Å²) in [6, 6.07) is 12.5. The first-order chi connectivity index (χ1) is 13.2. The standard InChI is InChI=1S/C20H19N7/c1-25(2)15-7-8-26(12-15)20-22-11-14-9-13(10-21)18-23-16-5-3-4-6-17(16)27(18)19(14)24-20/h3-6,9,11,15H,7-8,12H2,1-2H3. The Morgan fingerprint density at radius 1 is 1.19 bits per heavy atom. The number of para-hydroxylation sites is 2. The molecule has 1 saturated heterocycles. The first-order valence-corrected chi connectivity index (χ1v) is 9.04. The van der Waals surface area contributed by atoms with Crippen LogP contribution in [0.15, 0.2) is 36.5 Å². The molecule has 4 heterocycles. The molecule has 4 aromatic rings. The van der Waals surface area contributed by atoms with Crippen molar-refractivity contribution < 1.29 is 0 Å². The van der Waals surface area contributed by atoms with Crippen LogP contribution in [0.25, 0.3) is 27.7 Å². The molecule has 0 aliphatic carbocycles. The van der Waals surface area contributed by atoms with Gasteiger partial charge in [-0.3, -0.25) is 4.40 Å². The second-order valence-electron chi connectivity index (χ2n) is 7.23. The van der Waals surface area contributed by atoms with Gasteiger partial charge in [-0.15, -0.1) is 0 Å². The number of hydrogen-bond donors (Lipinski definition) is 0. The van der Waals surface area contributed by atoms with Crippen molar-refractivity contribution in [3.63, 3.8) is 0 Å². The minimum Gasteiger partial charge on any atom is -0.339 e. The Labute approximate surface area is 156 Å². The predicted octanol–water partition coefficient (Wildman–Crippen LogP) is 2.44. The first kappa shape index (κ1) is 16.0. The maximum atomic E-state index is 9.57. The number of benzene rings is 1. The topological polar surface area (TPSA) is 73.3 Å². The molecular formula is C20H19N7. The van der Waals surface area contributed by atoms with Gasteiger partial charge < -0.3 is 9.80 Å². The molecule has 1 unspecified atom stereocenters. The smallest absolute Gasteiger partial charge is 0.227 e. The Morgan fingerprint density at radius 3 is 2.81 bits per heavy atom. The van der Waals surface area contributed by atoms with Gasteiger partial charge in [0.1, 0.15) is 6.07 Å². The summed E-state index contributed by atoms with van der Waals surface area (Å²) < 4.78 is 1.98. The predicted molar refractivity (Wildman–Crippen MR) is 105 cm³/mol. The fourth-order valence-corrected chi connectivity index (χ4v) is 3.87. The maximum Gasteiger partial charge on any atom is 0.227 e. The van der Waals surface area contributed by atoms with E-state index in [2.05, 4.69) is 39.9 Å². The van der Waals surface area contributed by atoms with Gasteiger partial charge in [-0.25, -0.2) is 9.97 Å². The molecule has 7 heteroatoms. The highest BCUT2D eigenvalue weighted by Gasteiger charge is 2.26. The Morgan fingerprint density at radius 2 is 2.04 bits per heavy atom. The third kappa shape index (κ3) is 2.41. The molecule has 1 atom stereocenters. The number of pyridine rings is 1. The monoisotopic (exact) mass is 357 g/mol. The number of aromatic nitrogens is 4. The van der Waals surface area contributed by atoms with E-state index in [1.807, 2.05) is 40.9 Å². The van der Waals surface area contributed by atoms with Gasteiger partial charge in [0.05, 0.1) is 16.6 Å². The molecule has 0 amide bonds. The summed E-state index contributed by atoms with van der Waals surface area (Å²) in [5, 5.41) is 10.4. The van der Waals surface area contributed by atoms with Crippen LogP contribution >= 0.6 is 0 Å². The van der Waals surface area contributed by atoms with Crippen LogP contribution in [0.5, 0.6) is 0 Å². The zero-order valence-electron chi connectivity index (χ0n) is 15.3. The number of imidazole rings is 1. The van der Waals surface area contributed by atoms with Crippen LogP contribution in [0.1, 0.15) is 12.0 Å². The average Bonchev–Trinajstić information content (AvgIpc) is 3.32. The molecule has 134 valence electrons. The lowest BCUT2D eigenvalue weighted by molar-refractivity contribution is 0.315. The largest absolute Gasteiger partial charge is 0.339 e. The summed E-state index contributed by atoms with van der Waals surface area (Å²) in [4.78, 5) is 18.6. The van der Waals surface area contributed by atoms with Crippen molar-refractivity contribution in [1.29, 1.82) is 5.26 Å². The molecule has 0 spiro atoms. The molecule has 0 bridgehead atoms. The van der Waals surface area contributed by atoms with Crippen molar-refractivity contribution in [2.75, 3.05) is 32.1 Å². The number of likely N-dealkylation sites (N-methyl/N-ethyl adjacent to an activating group) is 1. The van der Waals surface area contributed by atoms with E-state index in [1.54, 1.807) is 0 Å². The van der Waals surface area contributed by atoms with E-state index < -0.39 is 0 Å². The summed E-state index contributed by atoms with van der Waals surface area (Å²) in [5.41, 5.74) is 3.77. The van der Waals surface area contributed by atoms with Gasteiger partial charge in [0.2, 0.25) is 5.95 Å². The van der Waals surface area contributed by atoms with Gasteiger partial charge in [0.15, 0.2) is 11.3 Å². The molecule has 0 saturated carbocycles. The lowest BCUT2D eigenvalue weighted by Crippen LogP contribution is -2.32. The van der Waals surface area contributed by atoms with E-state index in [4.69, 9.17) is 4.98 Å². The van der Waals surface area contributed by atoms with E-state index in [0.717, 1.165) is 47.5 Å². The summed E-state index contributed by atoms with van der Waals surface area (Å²) in [7, 11) is 4.22. The number of fused-ring (bicyclic) bond motifs is 5. The number of nitriles is 1. The molecule has 0 N–H and O–H groups in total. The van der Waals surface area contributed by atoms with Gasteiger partial charge >= 0.3 is 0 Å². The molecular weight excluding hydrogens is 338 g/mol. The quantitative estimate of drug-likeness (QED) is 0.549. The number of rotatable bonds is 2. The van der Waals surface area contributed by atoms with E-state index in [1.165, 1.54) is 0 Å². The van der Waals surface area contributed by atoms with E-state index >= 15 is 0 Å². The first-order valence-electron chi connectivity index (χ1n) is 9.04. The second-order valence-corrected chi connectivity index (χ2v) is 7.23. The van der Waals surface area contributed by atoms with Gasteiger partial charge in [-0.1, -0.05) is 12.1 Å². The number of anilines is 1. The zero-order chi connectivity index (χ0) is 18.5. The van der Waals surface area contributed by atoms with Crippen LogP contribution in [-0.2, 0) is 0 Å². The zero-order valence-corrected chi connectivity index (χ0v) is 15.3. The van der Waals surface area contributed by atoms with Crippen molar-refractivity contribution in [1.82, 2.24) is 24.3 Å². The maximum absolute atomic E-state index is 9.57. The molecule has 1 fully saturated rings. The summed E-state index contributed by atoms with van der Waals surface area (Å²) in [6.07, 6.45) is 2.92. The van der Waals surface area contributed by atoms with Crippen LogP contribution in [-0.4, -0.2) is 57.5 Å². The van der Waals surface area contributed by atoms with Crippen molar-refractivity contribution in [3.8, 4) is 6.07 Å². The van der Waals surface area contributed by atoms with Crippen molar-refractivity contribution >= 4 is 33.7 Å². The Kier molecular flexibility index (Phi) is 3.49. The van der Waals surface area contributed by atoms with Gasteiger partial charge in [0.25, 0.3) is 0 Å². The minimum atomic E-state index is 0.513. The normalized spacial score (nSPS) is 17.4. The SMILES string of the molecule is CN(C)C1CCN(c2ncc3cc(C#N)c4nc5ccccc5n4c3n2)C1. The van der Waals surface area contributed by atoms with Crippen LogP contribution < -0.4 is 4.90 Å². The highest BCUT2D eigenvalue weighted by molar-refractivity contribution is 5.91. The highest BCUT2D eigenvalue weighted by Crippen LogP contribution is 2.27. The highest BCUT2D eigenvalue weighted by atomic mass is 15.3. The molecule has 1 aliphatic heterocycles. The molecule has 0 radical (unpaired) electrons. The third-order valence-corrected chi connectivity index (χ3v) is 5.39. The fourth-order valence-electron chi connectivity index (χ4n) is 3.87. The summed E-state index contributed by atoms with van der Waals surface area (Å²) in [5.74, 6) is 0.732. The minimum absolute atomic E-state index is 0.513. The van der Waals surface area contributed by atoms with Crippen molar-refractivity contribution in [2.45, 2.75) is 12.5 Å². The number of nitrogens with zero attached hydrogens (tertiary/aromatic N) is 7. The van der Waals surface area contributed by atoms with Crippen molar-refractivity contribution in [3.05, 3.63) is 42.1 Å². The Bertz CT molecular complexity index is 1220. The number of hydrogen-bond acceptors (Lipinski definition) is 6. The van der Waals surface area contributed by atoms with Crippen molar-refractivity contribution in [2.24, 2.45) is 0 Å². The van der Waals surface area contributed by atoms with Crippen LogP contribution in [0.3, 0.4) is 0 Å². The molecule has 1 aliphatic rings. The van der Waals surface area contributed by atoms with E-state index in [9.17, 15) is 5.26 Å². The van der Waals surface area contributed by atoms with Gasteiger partial charge in [-0.05, 0) is 38.7 Å². The fraction of sp³-hybridized carbons (Fsp3) is 0.300. The van der Waals surface area contributed by atoms with E-state index in [0.29, 0.717) is 17.3 Å². The second kappa shape index (κ2) is 5.89.